The number of aryl methyl sites for hydroxylation is 1. The zero-order valence-corrected chi connectivity index (χ0v) is 13.8. The molecule has 23 heavy (non-hydrogen) atoms. The van der Waals surface area contributed by atoms with Gasteiger partial charge in [0, 0.05) is 24.5 Å². The lowest BCUT2D eigenvalue weighted by Gasteiger charge is -2.09. The van der Waals surface area contributed by atoms with Crippen LogP contribution in [0.2, 0.25) is 10.0 Å². The van der Waals surface area contributed by atoms with E-state index in [1.54, 1.807) is 12.1 Å². The number of rotatable bonds is 5. The summed E-state index contributed by atoms with van der Waals surface area (Å²) in [6.45, 7) is 0. The number of benzene rings is 1. The summed E-state index contributed by atoms with van der Waals surface area (Å²) in [6.07, 6.45) is 3.60. The smallest absolute Gasteiger partial charge is 0.305 e. The van der Waals surface area contributed by atoms with Crippen molar-refractivity contribution < 1.29 is 14.3 Å². The second-order valence-electron chi connectivity index (χ2n) is 4.71. The zero-order valence-electron chi connectivity index (χ0n) is 12.3. The van der Waals surface area contributed by atoms with Crippen molar-refractivity contribution in [3.05, 3.63) is 57.8 Å². The molecule has 0 radical (unpaired) electrons. The van der Waals surface area contributed by atoms with Gasteiger partial charge in [-0.1, -0.05) is 35.3 Å². The van der Waals surface area contributed by atoms with E-state index in [2.05, 4.69) is 15.0 Å². The van der Waals surface area contributed by atoms with E-state index in [0.717, 1.165) is 5.56 Å². The molecule has 0 bridgehead atoms. The Kier molecular flexibility index (Phi) is 5.96. The molecule has 2 aromatic rings. The monoisotopic (exact) mass is 352 g/mol. The molecule has 7 heteroatoms. The van der Waals surface area contributed by atoms with Gasteiger partial charge in [-0.25, -0.2) is 0 Å². The third-order valence-corrected chi connectivity index (χ3v) is 3.71. The highest BCUT2D eigenvalue weighted by Gasteiger charge is 2.15. The van der Waals surface area contributed by atoms with Gasteiger partial charge in [-0.3, -0.25) is 14.6 Å². The van der Waals surface area contributed by atoms with Crippen LogP contribution in [0.1, 0.15) is 22.3 Å². The van der Waals surface area contributed by atoms with Gasteiger partial charge in [0.05, 0.1) is 22.7 Å². The molecule has 1 N–H and O–H groups in total. The molecule has 0 atom stereocenters. The highest BCUT2D eigenvalue weighted by molar-refractivity contribution is 6.40. The second kappa shape index (κ2) is 7.94. The van der Waals surface area contributed by atoms with Crippen LogP contribution in [0.4, 0.5) is 5.69 Å². The normalized spacial score (nSPS) is 10.2. The maximum absolute atomic E-state index is 12.2. The van der Waals surface area contributed by atoms with Crippen molar-refractivity contribution in [2.24, 2.45) is 0 Å². The molecule has 1 aromatic heterocycles. The topological polar surface area (TPSA) is 68.3 Å². The van der Waals surface area contributed by atoms with E-state index in [1.165, 1.54) is 19.5 Å². The molecule has 0 fully saturated rings. The van der Waals surface area contributed by atoms with Crippen molar-refractivity contribution in [3.63, 3.8) is 0 Å². The van der Waals surface area contributed by atoms with Crippen molar-refractivity contribution in [2.45, 2.75) is 12.8 Å². The first-order chi connectivity index (χ1) is 11.0. The molecule has 0 aliphatic rings. The molecule has 1 aromatic carbocycles. The Morgan fingerprint density at radius 2 is 1.74 bits per heavy atom. The molecule has 0 aliphatic carbocycles. The highest BCUT2D eigenvalue weighted by Crippen LogP contribution is 2.24. The molecule has 1 heterocycles. The summed E-state index contributed by atoms with van der Waals surface area (Å²) >= 11 is 11.9. The number of carbonyl (C=O) groups excluding carboxylic acids is 2. The number of nitrogens with zero attached hydrogens (tertiary/aromatic N) is 1. The third kappa shape index (κ3) is 4.68. The Hall–Kier alpha value is -2.11. The summed E-state index contributed by atoms with van der Waals surface area (Å²) in [5.41, 5.74) is 1.74. The molecule has 120 valence electrons. The molecule has 0 spiro atoms. The van der Waals surface area contributed by atoms with Crippen molar-refractivity contribution in [1.29, 1.82) is 0 Å². The van der Waals surface area contributed by atoms with E-state index in [0.29, 0.717) is 18.5 Å². The van der Waals surface area contributed by atoms with E-state index in [1.807, 2.05) is 12.1 Å². The predicted molar refractivity (Wildman–Crippen MR) is 89.0 cm³/mol. The summed E-state index contributed by atoms with van der Waals surface area (Å²) < 4.78 is 4.59. The lowest BCUT2D eigenvalue weighted by atomic mass is 10.1. The Labute approximate surface area is 143 Å². The van der Waals surface area contributed by atoms with Gasteiger partial charge in [0.15, 0.2) is 0 Å². The fraction of sp³-hybridized carbons (Fsp3) is 0.188. The van der Waals surface area contributed by atoms with Crippen LogP contribution in [0.25, 0.3) is 0 Å². The van der Waals surface area contributed by atoms with Crippen LogP contribution >= 0.6 is 23.2 Å². The Morgan fingerprint density at radius 3 is 2.30 bits per heavy atom. The van der Waals surface area contributed by atoms with Crippen molar-refractivity contribution in [1.82, 2.24) is 4.98 Å². The van der Waals surface area contributed by atoms with Crippen LogP contribution in [-0.4, -0.2) is 24.0 Å². The number of pyridine rings is 1. The van der Waals surface area contributed by atoms with Crippen molar-refractivity contribution in [3.8, 4) is 0 Å². The standard InChI is InChI=1S/C16H14Cl2N2O3/c1-23-14(21)7-4-10-2-5-11(6-3-10)20-16(22)15-12(17)8-19-9-13(15)18/h2-3,5-6,8-9H,4,7H2,1H3,(H,20,22). The molecule has 5 nitrogen and oxygen atoms in total. The van der Waals surface area contributed by atoms with Gasteiger partial charge in [0.25, 0.3) is 5.91 Å². The molecule has 0 aliphatic heterocycles. The maximum atomic E-state index is 12.2. The molecule has 2 rings (SSSR count). The number of anilines is 1. The van der Waals surface area contributed by atoms with E-state index in [4.69, 9.17) is 23.2 Å². The quantitative estimate of drug-likeness (QED) is 0.832. The Morgan fingerprint density at radius 1 is 1.13 bits per heavy atom. The summed E-state index contributed by atoms with van der Waals surface area (Å²) in [4.78, 5) is 27.1. The van der Waals surface area contributed by atoms with Crippen LogP contribution in [0.3, 0.4) is 0 Å². The SMILES string of the molecule is COC(=O)CCc1ccc(NC(=O)c2c(Cl)cncc2Cl)cc1. The van der Waals surface area contributed by atoms with Crippen LogP contribution in [-0.2, 0) is 16.0 Å². The number of methoxy groups -OCH3 is 1. The van der Waals surface area contributed by atoms with Crippen LogP contribution in [0, 0.1) is 0 Å². The molecular formula is C16H14Cl2N2O3. The number of carbonyl (C=O) groups is 2. The molecule has 0 unspecified atom stereocenters. The average molecular weight is 353 g/mol. The lowest BCUT2D eigenvalue weighted by molar-refractivity contribution is -0.140. The van der Waals surface area contributed by atoms with Crippen LogP contribution in [0.15, 0.2) is 36.7 Å². The summed E-state index contributed by atoms with van der Waals surface area (Å²) in [6, 6.07) is 7.14. The predicted octanol–water partition coefficient (Wildman–Crippen LogP) is 3.75. The third-order valence-electron chi connectivity index (χ3n) is 3.14. The van der Waals surface area contributed by atoms with Crippen LogP contribution < -0.4 is 5.32 Å². The first kappa shape index (κ1) is 17.2. The first-order valence-corrected chi connectivity index (χ1v) is 7.53. The number of ether oxygens (including phenoxy) is 1. The molecule has 1 amide bonds. The van der Waals surface area contributed by atoms with Gasteiger partial charge in [0.2, 0.25) is 0 Å². The van der Waals surface area contributed by atoms with Gasteiger partial charge in [-0.15, -0.1) is 0 Å². The lowest BCUT2D eigenvalue weighted by Crippen LogP contribution is -2.13. The summed E-state index contributed by atoms with van der Waals surface area (Å²) in [5.74, 6) is -0.672. The molecule has 0 saturated heterocycles. The summed E-state index contributed by atoms with van der Waals surface area (Å²) in [7, 11) is 1.36. The number of hydrogen-bond acceptors (Lipinski definition) is 4. The fourth-order valence-electron chi connectivity index (χ4n) is 1.93. The minimum absolute atomic E-state index is 0.179. The average Bonchev–Trinajstić information content (AvgIpc) is 2.53. The van der Waals surface area contributed by atoms with Crippen LogP contribution in [0.5, 0.6) is 0 Å². The van der Waals surface area contributed by atoms with Gasteiger partial charge in [-0.2, -0.15) is 0 Å². The highest BCUT2D eigenvalue weighted by atomic mass is 35.5. The number of halogens is 2. The van der Waals surface area contributed by atoms with E-state index >= 15 is 0 Å². The number of esters is 1. The van der Waals surface area contributed by atoms with Gasteiger partial charge < -0.3 is 10.1 Å². The van der Waals surface area contributed by atoms with E-state index < -0.39 is 5.91 Å². The fourth-order valence-corrected chi connectivity index (χ4v) is 2.46. The minimum atomic E-state index is -0.412. The Bertz CT molecular complexity index is 698. The number of aromatic nitrogens is 1. The molecular weight excluding hydrogens is 339 g/mol. The Balaban J connectivity index is 2.03. The van der Waals surface area contributed by atoms with Gasteiger partial charge in [0.1, 0.15) is 0 Å². The largest absolute Gasteiger partial charge is 0.469 e. The van der Waals surface area contributed by atoms with Gasteiger partial charge in [-0.05, 0) is 24.1 Å². The summed E-state index contributed by atoms with van der Waals surface area (Å²) in [5, 5.41) is 3.09. The zero-order chi connectivity index (χ0) is 16.8. The van der Waals surface area contributed by atoms with Gasteiger partial charge >= 0.3 is 5.97 Å². The van der Waals surface area contributed by atoms with Crippen molar-refractivity contribution in [2.75, 3.05) is 12.4 Å². The second-order valence-corrected chi connectivity index (χ2v) is 5.52. The number of nitrogens with one attached hydrogen (secondary N) is 1. The number of hydrogen-bond donors (Lipinski definition) is 1. The van der Waals surface area contributed by atoms with E-state index in [-0.39, 0.29) is 21.6 Å². The maximum Gasteiger partial charge on any atom is 0.305 e. The van der Waals surface area contributed by atoms with E-state index in [9.17, 15) is 9.59 Å². The number of amides is 1. The van der Waals surface area contributed by atoms with Crippen molar-refractivity contribution >= 4 is 40.8 Å². The molecule has 0 saturated carbocycles. The minimum Gasteiger partial charge on any atom is -0.469 e. The first-order valence-electron chi connectivity index (χ1n) is 6.77.